The van der Waals surface area contributed by atoms with Crippen molar-refractivity contribution in [2.75, 3.05) is 18.2 Å². The maximum absolute atomic E-state index is 12.7. The van der Waals surface area contributed by atoms with Crippen LogP contribution in [-0.2, 0) is 9.59 Å². The van der Waals surface area contributed by atoms with Gasteiger partial charge in [0, 0.05) is 0 Å². The Morgan fingerprint density at radius 2 is 2.12 bits per heavy atom. The van der Waals surface area contributed by atoms with Crippen molar-refractivity contribution in [3.05, 3.63) is 24.3 Å². The molecule has 1 aromatic rings. The fourth-order valence-corrected chi connectivity index (χ4v) is 2.93. The Labute approximate surface area is 140 Å². The predicted octanol–water partition coefficient (Wildman–Crippen LogP) is 1.69. The molecule has 0 bridgehead atoms. The minimum Gasteiger partial charge on any atom is -0.495 e. The van der Waals surface area contributed by atoms with Crippen LogP contribution in [0.1, 0.15) is 6.42 Å². The zero-order valence-corrected chi connectivity index (χ0v) is 13.5. The van der Waals surface area contributed by atoms with Gasteiger partial charge in [-0.15, -0.1) is 11.8 Å². The van der Waals surface area contributed by atoms with Crippen molar-refractivity contribution in [3.8, 4) is 5.75 Å². The lowest BCUT2D eigenvalue weighted by Crippen LogP contribution is -2.59. The molecule has 2 atom stereocenters. The van der Waals surface area contributed by atoms with E-state index < -0.39 is 36.0 Å². The van der Waals surface area contributed by atoms with Crippen molar-refractivity contribution in [2.45, 2.75) is 24.1 Å². The monoisotopic (exact) mass is 363 g/mol. The SMILES string of the molecule is COc1ccccc1NC(=O)CSC1NC(=O)CC(C(F)(F)F)N1. The number of alkyl halides is 3. The first-order valence-electron chi connectivity index (χ1n) is 6.96. The number of methoxy groups -OCH3 is 1. The summed E-state index contributed by atoms with van der Waals surface area (Å²) in [6.07, 6.45) is -5.19. The Hall–Kier alpha value is -1.94. The lowest BCUT2D eigenvalue weighted by Gasteiger charge is -2.32. The summed E-state index contributed by atoms with van der Waals surface area (Å²) >= 11 is 0.866. The van der Waals surface area contributed by atoms with E-state index in [1.165, 1.54) is 7.11 Å². The Bertz CT molecular complexity index is 612. The molecule has 2 amide bonds. The highest BCUT2D eigenvalue weighted by Gasteiger charge is 2.44. The molecule has 2 rings (SSSR count). The summed E-state index contributed by atoms with van der Waals surface area (Å²) in [5.74, 6) is -0.800. The van der Waals surface area contributed by atoms with Crippen molar-refractivity contribution in [1.82, 2.24) is 10.6 Å². The smallest absolute Gasteiger partial charge is 0.404 e. The van der Waals surface area contributed by atoms with Gasteiger partial charge in [0.15, 0.2) is 0 Å². The summed E-state index contributed by atoms with van der Waals surface area (Å²) in [7, 11) is 1.46. The van der Waals surface area contributed by atoms with Crippen LogP contribution in [0.3, 0.4) is 0 Å². The maximum Gasteiger partial charge on any atom is 0.404 e. The van der Waals surface area contributed by atoms with E-state index in [1.807, 2.05) is 0 Å². The molecule has 2 unspecified atom stereocenters. The van der Waals surface area contributed by atoms with E-state index in [4.69, 9.17) is 4.74 Å². The number of hydrogen-bond donors (Lipinski definition) is 3. The van der Waals surface area contributed by atoms with Crippen molar-refractivity contribution < 1.29 is 27.5 Å². The van der Waals surface area contributed by atoms with Crippen molar-refractivity contribution >= 4 is 29.3 Å². The van der Waals surface area contributed by atoms with Gasteiger partial charge in [-0.3, -0.25) is 14.9 Å². The minimum absolute atomic E-state index is 0.138. The molecule has 1 saturated heterocycles. The highest BCUT2D eigenvalue weighted by atomic mass is 32.2. The molecule has 24 heavy (non-hydrogen) atoms. The van der Waals surface area contributed by atoms with Gasteiger partial charge in [-0.1, -0.05) is 12.1 Å². The Morgan fingerprint density at radius 1 is 1.42 bits per heavy atom. The molecule has 10 heteroatoms. The zero-order chi connectivity index (χ0) is 17.7. The molecule has 132 valence electrons. The summed E-state index contributed by atoms with van der Waals surface area (Å²) in [4.78, 5) is 23.3. The van der Waals surface area contributed by atoms with E-state index in [0.29, 0.717) is 11.4 Å². The first kappa shape index (κ1) is 18.4. The van der Waals surface area contributed by atoms with Gasteiger partial charge in [-0.05, 0) is 12.1 Å². The number of rotatable bonds is 5. The second kappa shape index (κ2) is 7.75. The lowest BCUT2D eigenvalue weighted by atomic mass is 10.1. The number of carbonyl (C=O) groups excluding carboxylic acids is 2. The quantitative estimate of drug-likeness (QED) is 0.742. The van der Waals surface area contributed by atoms with Crippen molar-refractivity contribution in [1.29, 1.82) is 0 Å². The molecule has 1 aliphatic rings. The lowest BCUT2D eigenvalue weighted by molar-refractivity contribution is -0.167. The van der Waals surface area contributed by atoms with Crippen LogP contribution in [0.4, 0.5) is 18.9 Å². The van der Waals surface area contributed by atoms with Crippen LogP contribution < -0.4 is 20.7 Å². The van der Waals surface area contributed by atoms with Gasteiger partial charge in [0.1, 0.15) is 17.3 Å². The third kappa shape index (κ3) is 5.03. The molecule has 0 saturated carbocycles. The van der Waals surface area contributed by atoms with Crippen molar-refractivity contribution in [2.24, 2.45) is 0 Å². The van der Waals surface area contributed by atoms with Crippen LogP contribution in [-0.4, -0.2) is 42.4 Å². The highest BCUT2D eigenvalue weighted by Crippen LogP contribution is 2.27. The van der Waals surface area contributed by atoms with E-state index in [1.54, 1.807) is 24.3 Å². The number of thioether (sulfide) groups is 1. The predicted molar refractivity (Wildman–Crippen MR) is 83.6 cm³/mol. The number of benzene rings is 1. The summed E-state index contributed by atoms with van der Waals surface area (Å²) in [5.41, 5.74) is -0.527. The third-order valence-corrected chi connectivity index (χ3v) is 4.21. The van der Waals surface area contributed by atoms with Gasteiger partial charge in [0.05, 0.1) is 25.0 Å². The van der Waals surface area contributed by atoms with Gasteiger partial charge in [0.2, 0.25) is 11.8 Å². The molecule has 6 nitrogen and oxygen atoms in total. The fourth-order valence-electron chi connectivity index (χ4n) is 2.07. The summed E-state index contributed by atoms with van der Waals surface area (Å²) < 4.78 is 43.2. The average molecular weight is 363 g/mol. The fraction of sp³-hybridized carbons (Fsp3) is 0.429. The molecular weight excluding hydrogens is 347 g/mol. The average Bonchev–Trinajstić information content (AvgIpc) is 2.52. The second-order valence-corrected chi connectivity index (χ2v) is 6.07. The van der Waals surface area contributed by atoms with Gasteiger partial charge >= 0.3 is 6.18 Å². The van der Waals surface area contributed by atoms with Crippen LogP contribution in [0.5, 0.6) is 5.75 Å². The van der Waals surface area contributed by atoms with Crippen LogP contribution >= 0.6 is 11.8 Å². The van der Waals surface area contributed by atoms with Gasteiger partial charge < -0.3 is 15.4 Å². The molecule has 3 N–H and O–H groups in total. The van der Waals surface area contributed by atoms with Crippen molar-refractivity contribution in [3.63, 3.8) is 0 Å². The maximum atomic E-state index is 12.7. The number of carbonyl (C=O) groups is 2. The third-order valence-electron chi connectivity index (χ3n) is 3.19. The Balaban J connectivity index is 1.88. The largest absolute Gasteiger partial charge is 0.495 e. The molecular formula is C14H16F3N3O3S. The molecule has 0 aliphatic carbocycles. The van der Waals surface area contributed by atoms with E-state index >= 15 is 0 Å². The topological polar surface area (TPSA) is 79.5 Å². The number of ether oxygens (including phenoxy) is 1. The highest BCUT2D eigenvalue weighted by molar-refractivity contribution is 8.00. The second-order valence-electron chi connectivity index (χ2n) is 4.97. The number of nitrogens with one attached hydrogen (secondary N) is 3. The summed E-state index contributed by atoms with van der Waals surface area (Å²) in [6.45, 7) is 0. The van der Waals surface area contributed by atoms with Crippen LogP contribution in [0, 0.1) is 0 Å². The van der Waals surface area contributed by atoms with E-state index in [0.717, 1.165) is 11.8 Å². The Morgan fingerprint density at radius 3 is 2.79 bits per heavy atom. The first-order valence-corrected chi connectivity index (χ1v) is 8.01. The summed E-state index contributed by atoms with van der Waals surface area (Å²) in [6, 6.07) is 4.84. The molecule has 0 aromatic heterocycles. The van der Waals surface area contributed by atoms with E-state index in [-0.39, 0.29) is 5.75 Å². The number of para-hydroxylation sites is 2. The van der Waals surface area contributed by atoms with Crippen LogP contribution in [0.2, 0.25) is 0 Å². The zero-order valence-electron chi connectivity index (χ0n) is 12.6. The van der Waals surface area contributed by atoms with E-state index in [2.05, 4.69) is 16.0 Å². The van der Waals surface area contributed by atoms with E-state index in [9.17, 15) is 22.8 Å². The van der Waals surface area contributed by atoms with Crippen LogP contribution in [0.25, 0.3) is 0 Å². The molecule has 0 spiro atoms. The molecule has 1 aromatic carbocycles. The first-order chi connectivity index (χ1) is 11.3. The molecule has 1 fully saturated rings. The standard InChI is InChI=1S/C14H16F3N3O3S/c1-23-9-5-3-2-4-8(9)18-12(22)7-24-13-19-10(14(15,16)17)6-11(21)20-13/h2-5,10,13,19H,6-7H2,1H3,(H,18,22)(H,20,21). The number of halogens is 3. The molecule has 0 radical (unpaired) electrons. The van der Waals surface area contributed by atoms with Crippen LogP contribution in [0.15, 0.2) is 24.3 Å². The normalized spacial score (nSPS) is 21.1. The van der Waals surface area contributed by atoms with Gasteiger partial charge in [-0.25, -0.2) is 0 Å². The molecule has 1 aliphatic heterocycles. The minimum atomic E-state index is -4.52. The number of hydrogen-bond acceptors (Lipinski definition) is 5. The van der Waals surface area contributed by atoms with Gasteiger partial charge in [0.25, 0.3) is 0 Å². The van der Waals surface area contributed by atoms with Gasteiger partial charge in [-0.2, -0.15) is 13.2 Å². The number of anilines is 1. The Kier molecular flexibility index (Phi) is 5.94. The summed E-state index contributed by atoms with van der Waals surface area (Å²) in [5, 5.41) is 7.24. The number of amides is 2. The molecule has 1 heterocycles.